The molecule has 2 heteroatoms. The first-order chi connectivity index (χ1) is 5.77. The summed E-state index contributed by atoms with van der Waals surface area (Å²) in [4.78, 5) is 2.26. The first-order valence-corrected chi connectivity index (χ1v) is 4.50. The molecule has 0 N–H and O–H groups in total. The van der Waals surface area contributed by atoms with Gasteiger partial charge in [-0.2, -0.15) is 0 Å². The average Bonchev–Trinajstić information content (AvgIpc) is 2.02. The first kappa shape index (κ1) is 7.99. The van der Waals surface area contributed by atoms with Crippen LogP contribution in [0.4, 0.5) is 4.39 Å². The third kappa shape index (κ3) is 1.31. The number of hydrogen-bond donors (Lipinski definition) is 0. The lowest BCUT2D eigenvalue weighted by molar-refractivity contribution is 0.157. The van der Waals surface area contributed by atoms with Gasteiger partial charge in [0.15, 0.2) is 0 Å². The Morgan fingerprint density at radius 2 is 2.42 bits per heavy atom. The van der Waals surface area contributed by atoms with Gasteiger partial charge in [-0.1, -0.05) is 12.2 Å². The number of alkyl halides is 1. The van der Waals surface area contributed by atoms with E-state index in [1.165, 1.54) is 12.0 Å². The van der Waals surface area contributed by atoms with E-state index in [9.17, 15) is 4.39 Å². The fourth-order valence-electron chi connectivity index (χ4n) is 1.83. The van der Waals surface area contributed by atoms with Crippen molar-refractivity contribution in [3.05, 3.63) is 23.8 Å². The third-order valence-electron chi connectivity index (χ3n) is 2.72. The summed E-state index contributed by atoms with van der Waals surface area (Å²) in [7, 11) is 2.09. The van der Waals surface area contributed by atoms with Gasteiger partial charge in [0.2, 0.25) is 0 Å². The Hall–Kier alpha value is -0.630. The Balaban J connectivity index is 2.07. The molecule has 2 rings (SSSR count). The number of nitrogens with zero attached hydrogens (tertiary/aromatic N) is 1. The van der Waals surface area contributed by atoms with Crippen molar-refractivity contribution < 1.29 is 4.39 Å². The molecule has 2 unspecified atom stereocenters. The van der Waals surface area contributed by atoms with E-state index in [4.69, 9.17) is 0 Å². The Morgan fingerprint density at radius 1 is 1.58 bits per heavy atom. The van der Waals surface area contributed by atoms with E-state index in [1.54, 1.807) is 6.08 Å². The van der Waals surface area contributed by atoms with Gasteiger partial charge in [-0.15, -0.1) is 0 Å². The highest BCUT2D eigenvalue weighted by Gasteiger charge is 2.27. The van der Waals surface area contributed by atoms with Crippen LogP contribution in [0.1, 0.15) is 12.8 Å². The quantitative estimate of drug-likeness (QED) is 0.576. The third-order valence-corrected chi connectivity index (χ3v) is 2.72. The van der Waals surface area contributed by atoms with Gasteiger partial charge in [0, 0.05) is 19.0 Å². The van der Waals surface area contributed by atoms with Crippen molar-refractivity contribution in [2.45, 2.75) is 25.1 Å². The monoisotopic (exact) mass is 167 g/mol. The molecule has 2 atom stereocenters. The van der Waals surface area contributed by atoms with Crippen LogP contribution in [-0.4, -0.2) is 30.7 Å². The summed E-state index contributed by atoms with van der Waals surface area (Å²) in [6.07, 6.45) is 6.75. The molecule has 0 aromatic heterocycles. The van der Waals surface area contributed by atoms with Gasteiger partial charge in [-0.25, -0.2) is 4.39 Å². The fraction of sp³-hybridized carbons (Fsp3) is 0.600. The van der Waals surface area contributed by atoms with Crippen LogP contribution >= 0.6 is 0 Å². The molecule has 66 valence electrons. The van der Waals surface area contributed by atoms with E-state index in [0.717, 1.165) is 6.54 Å². The maximum Gasteiger partial charge on any atom is 0.122 e. The van der Waals surface area contributed by atoms with Crippen molar-refractivity contribution in [3.8, 4) is 0 Å². The van der Waals surface area contributed by atoms with Crippen molar-refractivity contribution >= 4 is 0 Å². The molecule has 12 heavy (non-hydrogen) atoms. The van der Waals surface area contributed by atoms with Crippen molar-refractivity contribution in [1.29, 1.82) is 0 Å². The molecule has 0 aromatic rings. The molecule has 1 fully saturated rings. The van der Waals surface area contributed by atoms with E-state index in [2.05, 4.69) is 18.0 Å². The summed E-state index contributed by atoms with van der Waals surface area (Å²) in [5.41, 5.74) is 1.17. The van der Waals surface area contributed by atoms with Crippen LogP contribution in [0.25, 0.3) is 0 Å². The lowest BCUT2D eigenvalue weighted by Crippen LogP contribution is -2.45. The summed E-state index contributed by atoms with van der Waals surface area (Å²) >= 11 is 0. The van der Waals surface area contributed by atoms with Gasteiger partial charge >= 0.3 is 0 Å². The highest BCUT2D eigenvalue weighted by molar-refractivity contribution is 5.31. The molecule has 0 saturated carbocycles. The predicted octanol–water partition coefficient (Wildman–Crippen LogP) is 1.91. The normalized spacial score (nSPS) is 36.0. The van der Waals surface area contributed by atoms with Crippen LogP contribution in [0.15, 0.2) is 23.8 Å². The molecule has 1 aliphatic carbocycles. The van der Waals surface area contributed by atoms with Crippen molar-refractivity contribution in [2.24, 2.45) is 0 Å². The van der Waals surface area contributed by atoms with Crippen LogP contribution in [0.5, 0.6) is 0 Å². The number of halogens is 1. The van der Waals surface area contributed by atoms with Crippen LogP contribution in [0.3, 0.4) is 0 Å². The molecule has 0 spiro atoms. The molecule has 0 radical (unpaired) electrons. The Bertz CT molecular complexity index is 232. The summed E-state index contributed by atoms with van der Waals surface area (Å²) in [6, 6.07) is 0.486. The molecule has 1 saturated heterocycles. The summed E-state index contributed by atoms with van der Waals surface area (Å²) in [5, 5.41) is 0. The lowest BCUT2D eigenvalue weighted by Gasteiger charge is -2.39. The Kier molecular flexibility index (Phi) is 2.01. The van der Waals surface area contributed by atoms with Crippen LogP contribution in [0.2, 0.25) is 0 Å². The van der Waals surface area contributed by atoms with Crippen molar-refractivity contribution in [2.75, 3.05) is 13.6 Å². The topological polar surface area (TPSA) is 3.24 Å². The highest BCUT2D eigenvalue weighted by atomic mass is 19.1. The smallest absolute Gasteiger partial charge is 0.122 e. The number of allylic oxidation sites excluding steroid dienone is 2. The zero-order valence-electron chi connectivity index (χ0n) is 7.33. The summed E-state index contributed by atoms with van der Waals surface area (Å²) in [6.45, 7) is 1.15. The molecule has 2 aliphatic rings. The molecule has 1 heterocycles. The first-order valence-electron chi connectivity index (χ1n) is 4.50. The average molecular weight is 167 g/mol. The van der Waals surface area contributed by atoms with Crippen LogP contribution in [0, 0.1) is 0 Å². The minimum atomic E-state index is -0.751. The number of likely N-dealkylation sites (tertiary alicyclic amines) is 1. The lowest BCUT2D eigenvalue weighted by atomic mass is 9.91. The Morgan fingerprint density at radius 3 is 2.92 bits per heavy atom. The van der Waals surface area contributed by atoms with E-state index < -0.39 is 6.17 Å². The number of hydrogen-bond acceptors (Lipinski definition) is 1. The summed E-state index contributed by atoms with van der Waals surface area (Å²) in [5.74, 6) is 0. The highest BCUT2D eigenvalue weighted by Crippen LogP contribution is 2.26. The van der Waals surface area contributed by atoms with Crippen LogP contribution < -0.4 is 0 Å². The second-order valence-corrected chi connectivity index (χ2v) is 3.61. The van der Waals surface area contributed by atoms with E-state index in [0.29, 0.717) is 12.5 Å². The van der Waals surface area contributed by atoms with E-state index in [-0.39, 0.29) is 0 Å². The number of likely N-dealkylation sites (N-methyl/N-ethyl adjacent to an activating group) is 1. The van der Waals surface area contributed by atoms with Gasteiger partial charge in [0.25, 0.3) is 0 Å². The molecule has 0 amide bonds. The van der Waals surface area contributed by atoms with E-state index in [1.807, 2.05) is 6.08 Å². The van der Waals surface area contributed by atoms with Gasteiger partial charge in [0.05, 0.1) is 0 Å². The zero-order chi connectivity index (χ0) is 8.55. The van der Waals surface area contributed by atoms with Gasteiger partial charge < -0.3 is 0 Å². The molecular weight excluding hydrogens is 153 g/mol. The molecule has 1 nitrogen and oxygen atoms in total. The molecule has 0 aromatic carbocycles. The number of rotatable bonds is 1. The SMILES string of the molecule is CN1CCC1C1=CC(F)CC=C1. The minimum absolute atomic E-state index is 0.486. The minimum Gasteiger partial charge on any atom is -0.299 e. The van der Waals surface area contributed by atoms with E-state index >= 15 is 0 Å². The second kappa shape index (κ2) is 3.02. The van der Waals surface area contributed by atoms with Crippen LogP contribution in [-0.2, 0) is 0 Å². The Labute approximate surface area is 72.6 Å². The predicted molar refractivity (Wildman–Crippen MR) is 47.8 cm³/mol. The molecule has 1 aliphatic heterocycles. The van der Waals surface area contributed by atoms with Gasteiger partial charge in [-0.3, -0.25) is 4.90 Å². The maximum atomic E-state index is 12.9. The largest absolute Gasteiger partial charge is 0.299 e. The van der Waals surface area contributed by atoms with Crippen molar-refractivity contribution in [3.63, 3.8) is 0 Å². The van der Waals surface area contributed by atoms with Gasteiger partial charge in [-0.05, 0) is 25.1 Å². The summed E-state index contributed by atoms with van der Waals surface area (Å²) < 4.78 is 12.9. The second-order valence-electron chi connectivity index (χ2n) is 3.61. The maximum absolute atomic E-state index is 12.9. The zero-order valence-corrected chi connectivity index (χ0v) is 7.33. The molecule has 0 bridgehead atoms. The van der Waals surface area contributed by atoms with Crippen molar-refractivity contribution in [1.82, 2.24) is 4.90 Å². The van der Waals surface area contributed by atoms with Gasteiger partial charge in [0.1, 0.15) is 6.17 Å². The fourth-order valence-corrected chi connectivity index (χ4v) is 1.83. The molecular formula is C10H14FN. The standard InChI is InChI=1S/C10H14FN/c1-12-6-5-10(12)8-3-2-4-9(11)7-8/h2-3,7,9-10H,4-6H2,1H3.